The van der Waals surface area contributed by atoms with Gasteiger partial charge in [-0.05, 0) is 22.3 Å². The Morgan fingerprint density at radius 3 is 0.733 bits per heavy atom. The van der Waals surface area contributed by atoms with Crippen molar-refractivity contribution in [1.82, 2.24) is 0 Å². The van der Waals surface area contributed by atoms with Crippen molar-refractivity contribution in [2.75, 3.05) is 52.9 Å². The zero-order valence-corrected chi connectivity index (χ0v) is 17.6. The number of hydrogen-bond donors (Lipinski definition) is 0. The summed E-state index contributed by atoms with van der Waals surface area (Å²) in [5.41, 5.74) is 4.55. The molecule has 0 unspecified atom stereocenters. The number of rotatable bonds is 0. The second-order valence-electron chi connectivity index (χ2n) is 7.07. The molecule has 0 saturated carbocycles. The molecule has 30 heavy (non-hydrogen) atoms. The summed E-state index contributed by atoms with van der Waals surface area (Å²) in [7, 11) is 0. The Hall–Kier alpha value is -1.80. The summed E-state index contributed by atoms with van der Waals surface area (Å²) in [6.07, 6.45) is 0. The highest BCUT2D eigenvalue weighted by atomic mass is 16.5. The molecule has 4 aliphatic heterocycles. The van der Waals surface area contributed by atoms with Crippen molar-refractivity contribution < 1.29 is 28.4 Å². The Balaban J connectivity index is 1.42. The maximum atomic E-state index is 5.66. The molecule has 0 atom stereocenters. The predicted octanol–water partition coefficient (Wildman–Crippen LogP) is 3.50. The average Bonchev–Trinajstić information content (AvgIpc) is 2.78. The minimum Gasteiger partial charge on any atom is -0.377 e. The zero-order chi connectivity index (χ0) is 20.7. The summed E-state index contributed by atoms with van der Waals surface area (Å²) < 4.78 is 33.8. The van der Waals surface area contributed by atoms with Gasteiger partial charge in [-0.2, -0.15) is 0 Å². The van der Waals surface area contributed by atoms with Gasteiger partial charge in [-0.1, -0.05) is 48.5 Å². The SMILES string of the molecule is c1cc2ccc1COCCOCCOCc1ccc(cc1)COCCOCCOC2. The largest absolute Gasteiger partial charge is 0.377 e. The Bertz CT molecular complexity index is 566. The van der Waals surface area contributed by atoms with Crippen molar-refractivity contribution in [3.05, 3.63) is 70.8 Å². The summed E-state index contributed by atoms with van der Waals surface area (Å²) in [6.45, 7) is 6.81. The van der Waals surface area contributed by atoms with Crippen LogP contribution < -0.4 is 0 Å². The molecule has 0 N–H and O–H groups in total. The van der Waals surface area contributed by atoms with Crippen LogP contribution in [0.1, 0.15) is 22.3 Å². The van der Waals surface area contributed by atoms with Crippen LogP contribution in [0.4, 0.5) is 0 Å². The van der Waals surface area contributed by atoms with E-state index >= 15 is 0 Å². The van der Waals surface area contributed by atoms with Gasteiger partial charge in [0.2, 0.25) is 0 Å². The lowest BCUT2D eigenvalue weighted by atomic mass is 10.1. The van der Waals surface area contributed by atoms with Crippen LogP contribution in [0.25, 0.3) is 0 Å². The van der Waals surface area contributed by atoms with Gasteiger partial charge in [-0.3, -0.25) is 0 Å². The highest BCUT2D eigenvalue weighted by Crippen LogP contribution is 2.08. The molecule has 2 aromatic rings. The molecule has 0 aromatic heterocycles. The molecule has 0 fully saturated rings. The molecule has 6 heteroatoms. The van der Waals surface area contributed by atoms with Gasteiger partial charge in [0.25, 0.3) is 0 Å². The van der Waals surface area contributed by atoms with Crippen LogP contribution in [0.3, 0.4) is 0 Å². The maximum absolute atomic E-state index is 5.66. The van der Waals surface area contributed by atoms with E-state index in [0.717, 1.165) is 22.3 Å². The fraction of sp³-hybridized carbons (Fsp3) is 0.500. The standard InChI is InChI=1S/C24H32O6/c1-2-22-4-3-21(1)17-27-13-9-25-11-15-29-19-23-5-7-24(8-6-23)20-30-16-12-26-10-14-28-18-22/h1-8H,9-20H2. The second kappa shape index (κ2) is 14.2. The van der Waals surface area contributed by atoms with Crippen molar-refractivity contribution in [2.45, 2.75) is 26.4 Å². The third kappa shape index (κ3) is 9.34. The smallest absolute Gasteiger partial charge is 0.0718 e. The molecule has 4 heterocycles. The highest BCUT2D eigenvalue weighted by molar-refractivity contribution is 5.22. The average molecular weight is 417 g/mol. The van der Waals surface area contributed by atoms with Gasteiger partial charge >= 0.3 is 0 Å². The molecule has 0 radical (unpaired) electrons. The van der Waals surface area contributed by atoms with Gasteiger partial charge in [0, 0.05) is 0 Å². The fourth-order valence-electron chi connectivity index (χ4n) is 2.90. The number of hydrogen-bond acceptors (Lipinski definition) is 6. The van der Waals surface area contributed by atoms with Gasteiger partial charge in [0.05, 0.1) is 79.3 Å². The maximum Gasteiger partial charge on any atom is 0.0718 e. The highest BCUT2D eigenvalue weighted by Gasteiger charge is 2.00. The molecular weight excluding hydrogens is 384 g/mol. The Kier molecular flexibility index (Phi) is 10.9. The first-order valence-electron chi connectivity index (χ1n) is 10.5. The summed E-state index contributed by atoms with van der Waals surface area (Å²) in [5.74, 6) is 0. The summed E-state index contributed by atoms with van der Waals surface area (Å²) >= 11 is 0. The van der Waals surface area contributed by atoms with Crippen molar-refractivity contribution in [2.24, 2.45) is 0 Å². The lowest BCUT2D eigenvalue weighted by Crippen LogP contribution is -2.10. The van der Waals surface area contributed by atoms with E-state index in [0.29, 0.717) is 79.3 Å². The van der Waals surface area contributed by atoms with E-state index < -0.39 is 0 Å². The van der Waals surface area contributed by atoms with Gasteiger partial charge in [-0.25, -0.2) is 0 Å². The summed E-state index contributed by atoms with van der Waals surface area (Å²) in [5, 5.41) is 0. The first-order valence-corrected chi connectivity index (χ1v) is 10.5. The first-order chi connectivity index (χ1) is 14.9. The predicted molar refractivity (Wildman–Crippen MR) is 113 cm³/mol. The van der Waals surface area contributed by atoms with Crippen LogP contribution in [0.2, 0.25) is 0 Å². The van der Waals surface area contributed by atoms with Gasteiger partial charge in [-0.15, -0.1) is 0 Å². The van der Waals surface area contributed by atoms with Crippen LogP contribution in [-0.2, 0) is 54.8 Å². The molecule has 2 aromatic carbocycles. The normalized spacial score (nSPS) is 18.9. The van der Waals surface area contributed by atoms with E-state index in [1.807, 2.05) is 0 Å². The number of ether oxygens (including phenoxy) is 6. The van der Waals surface area contributed by atoms with E-state index in [9.17, 15) is 0 Å². The monoisotopic (exact) mass is 416 g/mol. The molecule has 0 saturated heterocycles. The summed E-state index contributed by atoms with van der Waals surface area (Å²) in [6, 6.07) is 16.5. The molecule has 164 valence electrons. The van der Waals surface area contributed by atoms with Crippen molar-refractivity contribution in [3.63, 3.8) is 0 Å². The van der Waals surface area contributed by atoms with Gasteiger partial charge in [0.1, 0.15) is 0 Å². The summed E-state index contributed by atoms with van der Waals surface area (Å²) in [4.78, 5) is 0. The minimum absolute atomic E-state index is 0.562. The third-order valence-electron chi connectivity index (χ3n) is 4.61. The van der Waals surface area contributed by atoms with E-state index in [1.165, 1.54) is 0 Å². The van der Waals surface area contributed by atoms with Crippen molar-refractivity contribution >= 4 is 0 Å². The fourth-order valence-corrected chi connectivity index (χ4v) is 2.90. The quantitative estimate of drug-likeness (QED) is 0.655. The zero-order valence-electron chi connectivity index (χ0n) is 17.6. The molecular formula is C24H32O6. The van der Waals surface area contributed by atoms with Crippen molar-refractivity contribution in [3.8, 4) is 0 Å². The molecule has 6 nitrogen and oxygen atoms in total. The first kappa shape index (κ1) is 22.9. The Morgan fingerprint density at radius 2 is 0.500 bits per heavy atom. The van der Waals surface area contributed by atoms with E-state index in [-0.39, 0.29) is 0 Å². The molecule has 0 spiro atoms. The minimum atomic E-state index is 0.562. The molecule has 0 aliphatic carbocycles. The lowest BCUT2D eigenvalue weighted by Gasteiger charge is -2.10. The Morgan fingerprint density at radius 1 is 0.300 bits per heavy atom. The van der Waals surface area contributed by atoms with Crippen LogP contribution in [-0.4, -0.2) is 52.9 Å². The van der Waals surface area contributed by atoms with E-state index in [1.54, 1.807) is 0 Å². The van der Waals surface area contributed by atoms with Gasteiger partial charge in [0.15, 0.2) is 0 Å². The van der Waals surface area contributed by atoms with Crippen molar-refractivity contribution in [1.29, 1.82) is 0 Å². The van der Waals surface area contributed by atoms with Crippen LogP contribution in [0.15, 0.2) is 48.5 Å². The lowest BCUT2D eigenvalue weighted by molar-refractivity contribution is 0.00623. The van der Waals surface area contributed by atoms with Crippen LogP contribution in [0.5, 0.6) is 0 Å². The second-order valence-corrected chi connectivity index (χ2v) is 7.07. The number of benzene rings is 2. The topological polar surface area (TPSA) is 55.4 Å². The van der Waals surface area contributed by atoms with Crippen LogP contribution >= 0.6 is 0 Å². The molecule has 4 bridgehead atoms. The third-order valence-corrected chi connectivity index (χ3v) is 4.61. The molecule has 0 amide bonds. The Labute approximate surface area is 179 Å². The van der Waals surface area contributed by atoms with E-state index in [4.69, 9.17) is 28.4 Å². The van der Waals surface area contributed by atoms with E-state index in [2.05, 4.69) is 48.5 Å². The van der Waals surface area contributed by atoms with Gasteiger partial charge < -0.3 is 28.4 Å². The molecule has 4 aliphatic rings. The molecule has 6 rings (SSSR count). The van der Waals surface area contributed by atoms with Crippen LogP contribution in [0, 0.1) is 0 Å².